The Morgan fingerprint density at radius 3 is 2.62 bits per heavy atom. The summed E-state index contributed by atoms with van der Waals surface area (Å²) in [6.07, 6.45) is 0. The van der Waals surface area contributed by atoms with E-state index < -0.39 is 10.8 Å². The third-order valence-corrected chi connectivity index (χ3v) is 3.52. The quantitative estimate of drug-likeness (QED) is 0.543. The monoisotopic (exact) mass is 352 g/mol. The first-order valence-electron chi connectivity index (χ1n) is 7.83. The molecule has 0 unspecified atom stereocenters. The van der Waals surface area contributed by atoms with E-state index in [1.807, 2.05) is 37.3 Å². The summed E-state index contributed by atoms with van der Waals surface area (Å²) < 4.78 is 6.91. The number of rotatable bonds is 6. The SMILES string of the molecule is Cc1cc(NC(=O)COc2ccccc2[N+](=O)[O-])n(-c2ccccc2)n1. The summed E-state index contributed by atoms with van der Waals surface area (Å²) in [6.45, 7) is 1.46. The second kappa shape index (κ2) is 7.47. The van der Waals surface area contributed by atoms with E-state index in [1.54, 1.807) is 16.8 Å². The Labute approximate surface area is 149 Å². The van der Waals surface area contributed by atoms with Gasteiger partial charge in [0.25, 0.3) is 5.91 Å². The van der Waals surface area contributed by atoms with Crippen molar-refractivity contribution in [2.45, 2.75) is 6.92 Å². The van der Waals surface area contributed by atoms with E-state index in [0.29, 0.717) is 5.82 Å². The molecule has 1 heterocycles. The summed E-state index contributed by atoms with van der Waals surface area (Å²) in [5.41, 5.74) is 1.35. The topological polar surface area (TPSA) is 99.3 Å². The van der Waals surface area contributed by atoms with Crippen LogP contribution in [-0.4, -0.2) is 27.2 Å². The molecule has 0 aliphatic heterocycles. The summed E-state index contributed by atoms with van der Waals surface area (Å²) in [5, 5.41) is 18.1. The minimum atomic E-state index is -0.554. The second-order valence-corrected chi connectivity index (χ2v) is 5.48. The van der Waals surface area contributed by atoms with Crippen molar-refractivity contribution in [1.82, 2.24) is 9.78 Å². The molecule has 0 saturated heterocycles. The third-order valence-electron chi connectivity index (χ3n) is 3.52. The van der Waals surface area contributed by atoms with Crippen LogP contribution in [0.3, 0.4) is 0 Å². The number of amides is 1. The van der Waals surface area contributed by atoms with Gasteiger partial charge in [0.05, 0.1) is 16.3 Å². The molecule has 8 nitrogen and oxygen atoms in total. The molecule has 0 bridgehead atoms. The summed E-state index contributed by atoms with van der Waals surface area (Å²) in [4.78, 5) is 22.6. The van der Waals surface area contributed by atoms with Crippen LogP contribution in [-0.2, 0) is 4.79 Å². The highest BCUT2D eigenvalue weighted by molar-refractivity contribution is 5.91. The molecular weight excluding hydrogens is 336 g/mol. The van der Waals surface area contributed by atoms with E-state index in [2.05, 4.69) is 10.4 Å². The van der Waals surface area contributed by atoms with Crippen LogP contribution in [0.2, 0.25) is 0 Å². The Balaban J connectivity index is 1.71. The number of aromatic nitrogens is 2. The molecule has 132 valence electrons. The van der Waals surface area contributed by atoms with Gasteiger partial charge in [0.15, 0.2) is 12.4 Å². The number of nitro benzene ring substituents is 1. The fraction of sp³-hybridized carbons (Fsp3) is 0.111. The Morgan fingerprint density at radius 1 is 1.19 bits per heavy atom. The molecule has 0 aliphatic rings. The van der Waals surface area contributed by atoms with Crippen molar-refractivity contribution in [1.29, 1.82) is 0 Å². The number of carbonyl (C=O) groups is 1. The number of anilines is 1. The number of ether oxygens (including phenoxy) is 1. The smallest absolute Gasteiger partial charge is 0.310 e. The number of nitrogens with one attached hydrogen (secondary N) is 1. The zero-order valence-electron chi connectivity index (χ0n) is 14.0. The maximum atomic E-state index is 12.2. The summed E-state index contributed by atoms with van der Waals surface area (Å²) in [7, 11) is 0. The highest BCUT2D eigenvalue weighted by Crippen LogP contribution is 2.25. The molecule has 3 aromatic rings. The molecule has 3 rings (SSSR count). The van der Waals surface area contributed by atoms with E-state index >= 15 is 0 Å². The summed E-state index contributed by atoms with van der Waals surface area (Å²) in [6, 6.07) is 17.0. The minimum Gasteiger partial charge on any atom is -0.477 e. The maximum absolute atomic E-state index is 12.2. The summed E-state index contributed by atoms with van der Waals surface area (Å²) >= 11 is 0. The molecule has 26 heavy (non-hydrogen) atoms. The van der Waals surface area contributed by atoms with Crippen LogP contribution >= 0.6 is 0 Å². The van der Waals surface area contributed by atoms with Gasteiger partial charge in [-0.15, -0.1) is 0 Å². The van der Waals surface area contributed by atoms with Crippen molar-refractivity contribution in [2.75, 3.05) is 11.9 Å². The normalized spacial score (nSPS) is 10.3. The predicted molar refractivity (Wildman–Crippen MR) is 95.5 cm³/mol. The fourth-order valence-corrected chi connectivity index (χ4v) is 2.41. The molecule has 1 amide bonds. The number of aryl methyl sites for hydroxylation is 1. The van der Waals surface area contributed by atoms with Crippen molar-refractivity contribution >= 4 is 17.4 Å². The van der Waals surface area contributed by atoms with Crippen LogP contribution in [0.15, 0.2) is 60.7 Å². The fourth-order valence-electron chi connectivity index (χ4n) is 2.41. The van der Waals surface area contributed by atoms with Gasteiger partial charge in [0, 0.05) is 12.1 Å². The Hall–Kier alpha value is -3.68. The van der Waals surface area contributed by atoms with E-state index in [1.165, 1.54) is 18.2 Å². The number of nitrogens with zero attached hydrogens (tertiary/aromatic N) is 3. The van der Waals surface area contributed by atoms with Gasteiger partial charge in [-0.05, 0) is 25.1 Å². The first kappa shape index (κ1) is 17.2. The first-order valence-corrected chi connectivity index (χ1v) is 7.83. The van der Waals surface area contributed by atoms with Crippen molar-refractivity contribution in [3.8, 4) is 11.4 Å². The Morgan fingerprint density at radius 2 is 1.88 bits per heavy atom. The van der Waals surface area contributed by atoms with Crippen LogP contribution in [0.4, 0.5) is 11.5 Å². The van der Waals surface area contributed by atoms with Gasteiger partial charge in [-0.3, -0.25) is 14.9 Å². The molecule has 0 aliphatic carbocycles. The average Bonchev–Trinajstić information content (AvgIpc) is 3.01. The van der Waals surface area contributed by atoms with Crippen LogP contribution in [0.5, 0.6) is 5.75 Å². The molecule has 0 radical (unpaired) electrons. The van der Waals surface area contributed by atoms with E-state index in [0.717, 1.165) is 11.4 Å². The lowest BCUT2D eigenvalue weighted by molar-refractivity contribution is -0.385. The first-order chi connectivity index (χ1) is 12.5. The third kappa shape index (κ3) is 3.86. The van der Waals surface area contributed by atoms with Gasteiger partial charge >= 0.3 is 5.69 Å². The van der Waals surface area contributed by atoms with E-state index in [-0.39, 0.29) is 18.0 Å². The molecule has 0 saturated carbocycles. The average molecular weight is 352 g/mol. The predicted octanol–water partition coefficient (Wildman–Crippen LogP) is 3.11. The van der Waals surface area contributed by atoms with Gasteiger partial charge in [-0.1, -0.05) is 30.3 Å². The molecule has 0 atom stereocenters. The number of hydrogen-bond acceptors (Lipinski definition) is 5. The maximum Gasteiger partial charge on any atom is 0.310 e. The van der Waals surface area contributed by atoms with Crippen LogP contribution in [0.1, 0.15) is 5.69 Å². The Kier molecular flexibility index (Phi) is 4.93. The van der Waals surface area contributed by atoms with Crippen molar-refractivity contribution in [3.05, 3.63) is 76.5 Å². The molecule has 1 aromatic heterocycles. The van der Waals surface area contributed by atoms with Gasteiger partial charge in [0.2, 0.25) is 0 Å². The van der Waals surface area contributed by atoms with Gasteiger partial charge < -0.3 is 10.1 Å². The molecule has 0 spiro atoms. The highest BCUT2D eigenvalue weighted by atomic mass is 16.6. The molecule has 0 fully saturated rings. The van der Waals surface area contributed by atoms with Crippen molar-refractivity contribution < 1.29 is 14.5 Å². The summed E-state index contributed by atoms with van der Waals surface area (Å²) in [5.74, 6) is 0.0884. The molecule has 8 heteroatoms. The number of carbonyl (C=O) groups excluding carboxylic acids is 1. The molecule has 2 aromatic carbocycles. The number of para-hydroxylation sites is 3. The standard InChI is InChI=1S/C18H16N4O4/c1-13-11-17(21(20-13)14-7-3-2-4-8-14)19-18(23)12-26-16-10-6-5-9-15(16)22(24)25/h2-11H,12H2,1H3,(H,19,23). The number of nitro groups is 1. The van der Waals surface area contributed by atoms with Crippen molar-refractivity contribution in [3.63, 3.8) is 0 Å². The zero-order valence-corrected chi connectivity index (χ0v) is 14.0. The van der Waals surface area contributed by atoms with Gasteiger partial charge in [-0.25, -0.2) is 4.68 Å². The Bertz CT molecular complexity index is 937. The van der Waals surface area contributed by atoms with Gasteiger partial charge in [0.1, 0.15) is 5.82 Å². The van der Waals surface area contributed by atoms with Crippen molar-refractivity contribution in [2.24, 2.45) is 0 Å². The van der Waals surface area contributed by atoms with E-state index in [9.17, 15) is 14.9 Å². The number of benzene rings is 2. The lowest BCUT2D eigenvalue weighted by atomic mass is 10.3. The molecular formula is C18H16N4O4. The zero-order chi connectivity index (χ0) is 18.5. The highest BCUT2D eigenvalue weighted by Gasteiger charge is 2.16. The van der Waals surface area contributed by atoms with Crippen LogP contribution in [0.25, 0.3) is 5.69 Å². The van der Waals surface area contributed by atoms with Gasteiger partial charge in [-0.2, -0.15) is 5.10 Å². The lowest BCUT2D eigenvalue weighted by Crippen LogP contribution is -2.22. The minimum absolute atomic E-state index is 0.0420. The molecule has 1 N–H and O–H groups in total. The van der Waals surface area contributed by atoms with E-state index in [4.69, 9.17) is 4.74 Å². The number of hydrogen-bond donors (Lipinski definition) is 1. The largest absolute Gasteiger partial charge is 0.477 e. The van der Waals surface area contributed by atoms with Crippen LogP contribution in [0, 0.1) is 17.0 Å². The lowest BCUT2D eigenvalue weighted by Gasteiger charge is -2.10. The second-order valence-electron chi connectivity index (χ2n) is 5.48. The van der Waals surface area contributed by atoms with Crippen LogP contribution < -0.4 is 10.1 Å².